The van der Waals surface area contributed by atoms with Gasteiger partial charge in [-0.15, -0.1) is 0 Å². The van der Waals surface area contributed by atoms with Crippen LogP contribution in [-0.2, 0) is 0 Å². The molecule has 0 bridgehead atoms. The number of H-pyrrole nitrogens is 1. The van der Waals surface area contributed by atoms with E-state index in [4.69, 9.17) is 0 Å². The summed E-state index contributed by atoms with van der Waals surface area (Å²) in [5.41, 5.74) is -0.231. The second-order valence-corrected chi connectivity index (χ2v) is 3.67. The second kappa shape index (κ2) is 3.49. The lowest BCUT2D eigenvalue weighted by molar-refractivity contribution is 0.227. The van der Waals surface area contributed by atoms with Crippen molar-refractivity contribution in [2.24, 2.45) is 0 Å². The number of likely N-dealkylation sites (tertiary alicyclic amines) is 1. The Bertz CT molecular complexity index is 360. The van der Waals surface area contributed by atoms with Gasteiger partial charge in [0.25, 0.3) is 0 Å². The number of imidazole rings is 1. The molecular weight excluding hydrogens is 182 g/mol. The zero-order valence-electron chi connectivity index (χ0n) is 7.94. The molecule has 0 aromatic carbocycles. The number of piperidine rings is 1. The predicted octanol–water partition coefficient (Wildman–Crippen LogP) is 0.310. The first-order valence-corrected chi connectivity index (χ1v) is 4.73. The summed E-state index contributed by atoms with van der Waals surface area (Å²) in [6, 6.07) is 0.103. The monoisotopic (exact) mass is 196 g/mol. The van der Waals surface area contributed by atoms with Crippen LogP contribution in [0.3, 0.4) is 0 Å². The Hall–Kier alpha value is -1.23. The van der Waals surface area contributed by atoms with Gasteiger partial charge in [0.2, 0.25) is 5.88 Å². The first-order chi connectivity index (χ1) is 6.68. The van der Waals surface area contributed by atoms with E-state index in [9.17, 15) is 9.90 Å². The molecule has 2 N–H and O–H groups in total. The largest absolute Gasteiger partial charge is 0.493 e. The van der Waals surface area contributed by atoms with Crippen LogP contribution in [0.4, 0.5) is 0 Å². The minimum Gasteiger partial charge on any atom is -0.493 e. The van der Waals surface area contributed by atoms with Crippen LogP contribution in [0.15, 0.2) is 11.0 Å². The third kappa shape index (κ3) is 1.55. The van der Waals surface area contributed by atoms with E-state index in [1.807, 2.05) is 4.90 Å². The highest BCUT2D eigenvalue weighted by Gasteiger charge is 2.19. The van der Waals surface area contributed by atoms with E-state index >= 15 is 0 Å². The maximum atomic E-state index is 11.3. The number of rotatable bonds is 1. The van der Waals surface area contributed by atoms with Crippen molar-refractivity contribution >= 4 is 0 Å². The first-order valence-electron chi connectivity index (χ1n) is 4.73. The van der Waals surface area contributed by atoms with Crippen LogP contribution in [0.5, 0.6) is 5.88 Å². The molecule has 78 valence electrons. The molecule has 2 heterocycles. The summed E-state index contributed by atoms with van der Waals surface area (Å²) in [6.45, 7) is 1.73. The summed E-state index contributed by atoms with van der Waals surface area (Å²) >= 11 is 0. The fourth-order valence-corrected chi connectivity index (χ4v) is 1.90. The van der Waals surface area contributed by atoms with Crippen molar-refractivity contribution in [3.05, 3.63) is 23.7 Å². The molecule has 1 saturated heterocycles. The molecule has 14 heavy (non-hydrogen) atoms. The van der Waals surface area contributed by atoms with Gasteiger partial charge in [-0.3, -0.25) is 11.6 Å². The maximum absolute atomic E-state index is 11.3. The van der Waals surface area contributed by atoms with Gasteiger partial charge in [0, 0.05) is 6.04 Å². The van der Waals surface area contributed by atoms with Gasteiger partial charge in [-0.25, -0.2) is 4.79 Å². The van der Waals surface area contributed by atoms with Gasteiger partial charge in [0.15, 0.2) is 0 Å². The fraction of sp³-hybridized carbons (Fsp3) is 0.556. The van der Waals surface area contributed by atoms with Gasteiger partial charge in [-0.05, 0) is 25.9 Å². The van der Waals surface area contributed by atoms with Gasteiger partial charge in [0.05, 0.1) is 6.20 Å². The Morgan fingerprint density at radius 2 is 2.14 bits per heavy atom. The molecule has 0 saturated carbocycles. The molecule has 1 fully saturated rings. The lowest BCUT2D eigenvalue weighted by atomic mass is 10.1. The van der Waals surface area contributed by atoms with E-state index in [0.717, 1.165) is 25.9 Å². The Morgan fingerprint density at radius 1 is 1.50 bits per heavy atom. The van der Waals surface area contributed by atoms with Crippen molar-refractivity contribution in [2.45, 2.75) is 18.9 Å². The second-order valence-electron chi connectivity index (χ2n) is 3.67. The van der Waals surface area contributed by atoms with Gasteiger partial charge in [-0.1, -0.05) is 0 Å². The van der Waals surface area contributed by atoms with Gasteiger partial charge in [-0.2, -0.15) is 0 Å². The number of hydrogen-bond donors (Lipinski definition) is 2. The van der Waals surface area contributed by atoms with Gasteiger partial charge >= 0.3 is 5.69 Å². The molecule has 0 atom stereocenters. The maximum Gasteiger partial charge on any atom is 0.328 e. The van der Waals surface area contributed by atoms with Crippen molar-refractivity contribution in [2.75, 3.05) is 13.1 Å². The Balaban J connectivity index is 2.20. The van der Waals surface area contributed by atoms with Crippen molar-refractivity contribution in [3.63, 3.8) is 0 Å². The SMILES string of the molecule is [CH2-]N1CCC(n2c(O)c[nH]c2=O)CC1. The van der Waals surface area contributed by atoms with Gasteiger partial charge < -0.3 is 15.0 Å². The van der Waals surface area contributed by atoms with Crippen LogP contribution in [0.2, 0.25) is 0 Å². The lowest BCUT2D eigenvalue weighted by Gasteiger charge is -2.34. The van der Waals surface area contributed by atoms with Crippen LogP contribution in [-0.4, -0.2) is 32.6 Å². The highest BCUT2D eigenvalue weighted by Crippen LogP contribution is 2.23. The third-order valence-corrected chi connectivity index (χ3v) is 2.71. The first kappa shape index (κ1) is 9.33. The molecule has 0 unspecified atom stereocenters. The molecule has 1 aliphatic heterocycles. The Labute approximate surface area is 82.0 Å². The lowest BCUT2D eigenvalue weighted by Crippen LogP contribution is -2.33. The van der Waals surface area contributed by atoms with Crippen LogP contribution in [0, 0.1) is 7.05 Å². The molecule has 0 radical (unpaired) electrons. The number of aromatic amines is 1. The number of aromatic hydroxyl groups is 1. The highest BCUT2D eigenvalue weighted by atomic mass is 16.3. The molecule has 0 aliphatic carbocycles. The van der Waals surface area contributed by atoms with E-state index in [2.05, 4.69) is 12.0 Å². The standard InChI is InChI=1S/C9H14N3O2/c1-11-4-2-7(3-5-11)12-8(13)6-10-9(12)14/h6-7,13H,1-5H2,(H,10,14)/q-1. The van der Waals surface area contributed by atoms with E-state index in [0.29, 0.717) is 0 Å². The van der Waals surface area contributed by atoms with Crippen LogP contribution < -0.4 is 5.69 Å². The van der Waals surface area contributed by atoms with Crippen LogP contribution in [0.25, 0.3) is 0 Å². The summed E-state index contributed by atoms with van der Waals surface area (Å²) in [6.07, 6.45) is 3.04. The van der Waals surface area contributed by atoms with E-state index in [1.54, 1.807) is 0 Å². The van der Waals surface area contributed by atoms with E-state index < -0.39 is 0 Å². The van der Waals surface area contributed by atoms with Crippen molar-refractivity contribution in [1.82, 2.24) is 14.5 Å². The summed E-state index contributed by atoms with van der Waals surface area (Å²) in [4.78, 5) is 15.8. The van der Waals surface area contributed by atoms with Crippen molar-refractivity contribution in [3.8, 4) is 5.88 Å². The molecule has 5 heteroatoms. The molecule has 0 spiro atoms. The summed E-state index contributed by atoms with van der Waals surface area (Å²) in [5.74, 6) is 0.0255. The smallest absolute Gasteiger partial charge is 0.328 e. The molecule has 1 aromatic rings. The average molecular weight is 196 g/mol. The number of aromatic nitrogens is 2. The minimum atomic E-state index is -0.231. The van der Waals surface area contributed by atoms with Crippen molar-refractivity contribution in [1.29, 1.82) is 0 Å². The molecule has 1 aliphatic rings. The van der Waals surface area contributed by atoms with E-state index in [-0.39, 0.29) is 17.6 Å². The zero-order chi connectivity index (χ0) is 10.1. The number of nitrogens with zero attached hydrogens (tertiary/aromatic N) is 2. The highest BCUT2D eigenvalue weighted by molar-refractivity contribution is 5.05. The number of hydrogen-bond acceptors (Lipinski definition) is 3. The van der Waals surface area contributed by atoms with Crippen LogP contribution in [0.1, 0.15) is 18.9 Å². The van der Waals surface area contributed by atoms with Crippen LogP contribution >= 0.6 is 0 Å². The summed E-state index contributed by atoms with van der Waals surface area (Å²) in [5, 5.41) is 9.45. The summed E-state index contributed by atoms with van der Waals surface area (Å²) < 4.78 is 1.42. The molecule has 2 rings (SSSR count). The molecule has 0 amide bonds. The zero-order valence-corrected chi connectivity index (χ0v) is 7.94. The third-order valence-electron chi connectivity index (χ3n) is 2.71. The minimum absolute atomic E-state index is 0.0255. The number of nitrogens with one attached hydrogen (secondary N) is 1. The predicted molar refractivity (Wildman–Crippen MR) is 51.9 cm³/mol. The quantitative estimate of drug-likeness (QED) is 0.635. The van der Waals surface area contributed by atoms with E-state index in [1.165, 1.54) is 10.8 Å². The Morgan fingerprint density at radius 3 is 2.64 bits per heavy atom. The van der Waals surface area contributed by atoms with Gasteiger partial charge in [0.1, 0.15) is 0 Å². The molecule has 1 aromatic heterocycles. The average Bonchev–Trinajstić information content (AvgIpc) is 2.49. The molecular formula is C9H14N3O2-. The molecule has 5 nitrogen and oxygen atoms in total. The Kier molecular flexibility index (Phi) is 2.33. The summed E-state index contributed by atoms with van der Waals surface area (Å²) in [7, 11) is 3.83. The van der Waals surface area contributed by atoms with Crippen molar-refractivity contribution < 1.29 is 5.11 Å². The normalized spacial score (nSPS) is 20.1. The fourth-order valence-electron chi connectivity index (χ4n) is 1.90. The topological polar surface area (TPSA) is 61.3 Å².